The molecule has 94 valence electrons. The van der Waals surface area contributed by atoms with Crippen LogP contribution in [0.25, 0.3) is 0 Å². The molecule has 3 N–H and O–H groups in total. The Kier molecular flexibility index (Phi) is 3.74. The number of nitrogens with one attached hydrogen (secondary N) is 1. The molecule has 0 aliphatic carbocycles. The first-order valence-electron chi connectivity index (χ1n) is 4.59. The van der Waals surface area contributed by atoms with E-state index in [-0.39, 0.29) is 19.6 Å². The summed E-state index contributed by atoms with van der Waals surface area (Å²) in [4.78, 5) is 11.3. The first kappa shape index (κ1) is 13.2. The molecule has 1 unspecified atom stereocenters. The van der Waals surface area contributed by atoms with Crippen molar-refractivity contribution in [3.8, 4) is 0 Å². The topological polar surface area (TPSA) is 64.4 Å². The van der Waals surface area contributed by atoms with E-state index in [1.807, 2.05) is 0 Å². The van der Waals surface area contributed by atoms with Gasteiger partial charge in [0.25, 0.3) is 0 Å². The number of carbonyl (C=O) groups is 1. The zero-order valence-electron chi connectivity index (χ0n) is 8.31. The van der Waals surface area contributed by atoms with Crippen LogP contribution in [0, 0.1) is 0 Å². The molecule has 8 heteroatoms. The Hall–Kier alpha value is -0.890. The molecule has 0 aromatic heterocycles. The molecule has 0 bridgehead atoms. The van der Waals surface area contributed by atoms with Crippen molar-refractivity contribution < 1.29 is 27.1 Å². The molecular formula is C8H12F4N2O2. The Morgan fingerprint density at radius 1 is 1.56 bits per heavy atom. The van der Waals surface area contributed by atoms with Gasteiger partial charge in [-0.15, -0.1) is 0 Å². The number of amides is 1. The van der Waals surface area contributed by atoms with Gasteiger partial charge in [0.2, 0.25) is 5.91 Å². The van der Waals surface area contributed by atoms with Gasteiger partial charge in [0, 0.05) is 6.61 Å². The number of ether oxygens (including phenoxy) is 1. The third-order valence-corrected chi connectivity index (χ3v) is 2.31. The molecular weight excluding hydrogens is 232 g/mol. The van der Waals surface area contributed by atoms with Crippen LogP contribution < -0.4 is 11.1 Å². The van der Waals surface area contributed by atoms with Gasteiger partial charge in [-0.25, -0.2) is 8.78 Å². The van der Waals surface area contributed by atoms with Crippen LogP contribution in [-0.2, 0) is 9.53 Å². The van der Waals surface area contributed by atoms with E-state index in [1.165, 1.54) is 0 Å². The maximum absolute atomic E-state index is 12.5. The third-order valence-electron chi connectivity index (χ3n) is 2.31. The van der Waals surface area contributed by atoms with Gasteiger partial charge in [-0.1, -0.05) is 0 Å². The molecule has 1 rings (SSSR count). The van der Waals surface area contributed by atoms with E-state index in [0.717, 1.165) is 0 Å². The fourth-order valence-corrected chi connectivity index (χ4v) is 1.21. The van der Waals surface area contributed by atoms with Gasteiger partial charge in [-0.05, 0) is 6.42 Å². The van der Waals surface area contributed by atoms with E-state index in [4.69, 9.17) is 10.5 Å². The number of hydrogen-bond acceptors (Lipinski definition) is 3. The lowest BCUT2D eigenvalue weighted by atomic mass is 9.99. The minimum Gasteiger partial charge on any atom is -0.379 e. The Morgan fingerprint density at radius 2 is 2.19 bits per heavy atom. The van der Waals surface area contributed by atoms with Crippen molar-refractivity contribution >= 4 is 5.91 Å². The maximum Gasteiger partial charge on any atom is 0.324 e. The fourth-order valence-electron chi connectivity index (χ4n) is 1.21. The zero-order valence-corrected chi connectivity index (χ0v) is 8.31. The summed E-state index contributed by atoms with van der Waals surface area (Å²) in [7, 11) is 0. The van der Waals surface area contributed by atoms with Crippen LogP contribution in [0.4, 0.5) is 17.6 Å². The standard InChI is InChI=1S/C8H12F4N2O2/c9-5(10)8(11,12)3-14-6(15)7(13)1-2-16-4-7/h5H,1-4,13H2,(H,14,15). The number of hydrogen-bond donors (Lipinski definition) is 2. The van der Waals surface area contributed by atoms with Gasteiger partial charge < -0.3 is 15.8 Å². The summed E-state index contributed by atoms with van der Waals surface area (Å²) in [6, 6.07) is 0. The number of halogens is 4. The van der Waals surface area contributed by atoms with Crippen molar-refractivity contribution in [2.75, 3.05) is 19.8 Å². The summed E-state index contributed by atoms with van der Waals surface area (Å²) in [5, 5.41) is 1.71. The third kappa shape index (κ3) is 2.82. The normalized spacial score (nSPS) is 26.1. The molecule has 0 spiro atoms. The number of alkyl halides is 4. The molecule has 1 aliphatic heterocycles. The minimum atomic E-state index is -4.24. The van der Waals surface area contributed by atoms with Gasteiger partial charge in [-0.3, -0.25) is 4.79 Å². The van der Waals surface area contributed by atoms with Crippen molar-refractivity contribution in [1.29, 1.82) is 0 Å². The highest BCUT2D eigenvalue weighted by molar-refractivity contribution is 5.86. The average molecular weight is 244 g/mol. The first-order valence-corrected chi connectivity index (χ1v) is 4.59. The van der Waals surface area contributed by atoms with Crippen LogP contribution in [0.5, 0.6) is 0 Å². The van der Waals surface area contributed by atoms with Crippen LogP contribution in [-0.4, -0.2) is 43.6 Å². The SMILES string of the molecule is NC1(C(=O)NCC(F)(F)C(F)F)CCOC1. The molecule has 0 saturated carbocycles. The van der Waals surface area contributed by atoms with Gasteiger partial charge in [0.15, 0.2) is 0 Å². The van der Waals surface area contributed by atoms with E-state index >= 15 is 0 Å². The molecule has 1 atom stereocenters. The van der Waals surface area contributed by atoms with E-state index in [9.17, 15) is 22.4 Å². The van der Waals surface area contributed by atoms with E-state index in [2.05, 4.69) is 0 Å². The Balaban J connectivity index is 2.47. The molecule has 1 heterocycles. The second-order valence-corrected chi connectivity index (χ2v) is 3.70. The zero-order chi connectivity index (χ0) is 12.4. The lowest BCUT2D eigenvalue weighted by molar-refractivity contribution is -0.139. The second-order valence-electron chi connectivity index (χ2n) is 3.70. The van der Waals surface area contributed by atoms with E-state index in [0.29, 0.717) is 0 Å². The summed E-state index contributed by atoms with van der Waals surface area (Å²) in [5.74, 6) is -5.14. The van der Waals surface area contributed by atoms with E-state index in [1.54, 1.807) is 5.32 Å². The average Bonchev–Trinajstić information content (AvgIpc) is 2.62. The first-order chi connectivity index (χ1) is 7.28. The molecule has 1 amide bonds. The van der Waals surface area contributed by atoms with Gasteiger partial charge in [-0.2, -0.15) is 8.78 Å². The Labute approximate surface area is 89.1 Å². The summed E-state index contributed by atoms with van der Waals surface area (Å²) in [6.45, 7) is -1.28. The van der Waals surface area contributed by atoms with Crippen molar-refractivity contribution in [2.24, 2.45) is 5.73 Å². The summed E-state index contributed by atoms with van der Waals surface area (Å²) in [5.41, 5.74) is 4.15. The summed E-state index contributed by atoms with van der Waals surface area (Å²) >= 11 is 0. The number of nitrogens with two attached hydrogens (primary N) is 1. The molecule has 4 nitrogen and oxygen atoms in total. The highest BCUT2D eigenvalue weighted by Crippen LogP contribution is 2.22. The molecule has 1 saturated heterocycles. The van der Waals surface area contributed by atoms with Crippen molar-refractivity contribution in [3.05, 3.63) is 0 Å². The predicted molar refractivity (Wildman–Crippen MR) is 46.3 cm³/mol. The molecule has 0 radical (unpaired) electrons. The largest absolute Gasteiger partial charge is 0.379 e. The second kappa shape index (κ2) is 4.54. The molecule has 1 aliphatic rings. The van der Waals surface area contributed by atoms with Crippen LogP contribution in [0.1, 0.15) is 6.42 Å². The van der Waals surface area contributed by atoms with Crippen molar-refractivity contribution in [2.45, 2.75) is 24.3 Å². The van der Waals surface area contributed by atoms with Crippen molar-refractivity contribution in [1.82, 2.24) is 5.32 Å². The molecule has 0 aromatic rings. The van der Waals surface area contributed by atoms with Gasteiger partial charge >= 0.3 is 12.3 Å². The lowest BCUT2D eigenvalue weighted by Gasteiger charge is -2.22. The number of rotatable bonds is 4. The molecule has 0 aromatic carbocycles. The smallest absolute Gasteiger partial charge is 0.324 e. The highest BCUT2D eigenvalue weighted by atomic mass is 19.3. The number of carbonyl (C=O) groups excluding carboxylic acids is 1. The monoisotopic (exact) mass is 244 g/mol. The maximum atomic E-state index is 12.5. The Morgan fingerprint density at radius 3 is 2.62 bits per heavy atom. The summed E-state index contributed by atoms with van der Waals surface area (Å²) < 4.78 is 53.4. The van der Waals surface area contributed by atoms with Gasteiger partial charge in [0.1, 0.15) is 5.54 Å². The summed E-state index contributed by atoms with van der Waals surface area (Å²) in [6.07, 6.45) is -3.64. The fraction of sp³-hybridized carbons (Fsp3) is 0.875. The highest BCUT2D eigenvalue weighted by Gasteiger charge is 2.44. The van der Waals surface area contributed by atoms with Gasteiger partial charge in [0.05, 0.1) is 13.2 Å². The molecule has 16 heavy (non-hydrogen) atoms. The predicted octanol–water partition coefficient (Wildman–Crippen LogP) is 0.121. The lowest BCUT2D eigenvalue weighted by Crippen LogP contribution is -2.56. The van der Waals surface area contributed by atoms with Crippen LogP contribution in [0.3, 0.4) is 0 Å². The Bertz CT molecular complexity index is 267. The van der Waals surface area contributed by atoms with Crippen LogP contribution >= 0.6 is 0 Å². The van der Waals surface area contributed by atoms with E-state index < -0.39 is 30.3 Å². The van der Waals surface area contributed by atoms with Crippen molar-refractivity contribution in [3.63, 3.8) is 0 Å². The van der Waals surface area contributed by atoms with Crippen LogP contribution in [0.15, 0.2) is 0 Å². The quantitative estimate of drug-likeness (QED) is 0.690. The van der Waals surface area contributed by atoms with Crippen LogP contribution in [0.2, 0.25) is 0 Å². The minimum absolute atomic E-state index is 0.0981. The molecule has 1 fully saturated rings.